The summed E-state index contributed by atoms with van der Waals surface area (Å²) in [5.74, 6) is -1.35. The van der Waals surface area contributed by atoms with Crippen LogP contribution < -0.4 is 0 Å². The molecule has 0 aliphatic rings. The SMILES string of the molecule is CCCCCCCCCCCCCCCCCCCCCCCC(=O)OC[C@H](COP(=O)(O)OC[C@@H](O)COP(=O)(O)OC[C@@H](COC(=O)CCCCCCCCCCCC(C)C)OC(=O)CCCCCCCCCCCCCCCC)OC(=O)CCCCCCCCCCCCCCCCCCCCCCC. The largest absolute Gasteiger partial charge is 0.472 e. The second-order valence-corrected chi connectivity index (χ2v) is 35.4. The zero-order valence-electron chi connectivity index (χ0n) is 71.0. The van der Waals surface area contributed by atoms with Gasteiger partial charge in [-0.1, -0.05) is 433 Å². The molecule has 642 valence electrons. The fourth-order valence-corrected chi connectivity index (χ4v) is 15.6. The summed E-state index contributed by atoms with van der Waals surface area (Å²) in [5, 5.41) is 10.7. The van der Waals surface area contributed by atoms with Gasteiger partial charge >= 0.3 is 39.5 Å². The fraction of sp³-hybridized carbons (Fsp3) is 0.955. The highest BCUT2D eigenvalue weighted by Gasteiger charge is 2.30. The molecule has 0 saturated heterocycles. The van der Waals surface area contributed by atoms with E-state index in [1.54, 1.807) is 0 Å². The van der Waals surface area contributed by atoms with Crippen LogP contribution in [0.25, 0.3) is 0 Å². The van der Waals surface area contributed by atoms with Crippen molar-refractivity contribution in [3.05, 3.63) is 0 Å². The molecular formula is C89H174O17P2. The Morgan fingerprint density at radius 1 is 0.250 bits per heavy atom. The summed E-state index contributed by atoms with van der Waals surface area (Å²) in [7, 11) is -9.93. The molecule has 5 atom stereocenters. The number of hydrogen-bond acceptors (Lipinski definition) is 15. The smallest absolute Gasteiger partial charge is 0.462 e. The van der Waals surface area contributed by atoms with Crippen LogP contribution in [0.5, 0.6) is 0 Å². The molecule has 17 nitrogen and oxygen atoms in total. The van der Waals surface area contributed by atoms with Gasteiger partial charge in [0.2, 0.25) is 0 Å². The molecule has 108 heavy (non-hydrogen) atoms. The minimum atomic E-state index is -4.97. The summed E-state index contributed by atoms with van der Waals surface area (Å²) in [5.41, 5.74) is 0. The third kappa shape index (κ3) is 82.1. The van der Waals surface area contributed by atoms with Crippen molar-refractivity contribution in [1.29, 1.82) is 0 Å². The van der Waals surface area contributed by atoms with E-state index in [1.165, 1.54) is 308 Å². The van der Waals surface area contributed by atoms with E-state index in [1.807, 2.05) is 0 Å². The molecule has 0 heterocycles. The number of rotatable bonds is 89. The predicted molar refractivity (Wildman–Crippen MR) is 446 cm³/mol. The quantitative estimate of drug-likeness (QED) is 0.0222. The van der Waals surface area contributed by atoms with E-state index in [2.05, 4.69) is 34.6 Å². The van der Waals surface area contributed by atoms with Crippen LogP contribution in [-0.4, -0.2) is 96.7 Å². The maximum absolute atomic E-state index is 13.2. The lowest BCUT2D eigenvalue weighted by Gasteiger charge is -2.21. The highest BCUT2D eigenvalue weighted by Crippen LogP contribution is 2.45. The number of phosphoric acid groups is 2. The molecule has 3 N–H and O–H groups in total. The summed E-state index contributed by atoms with van der Waals surface area (Å²) in [6.45, 7) is 7.36. The Kier molecular flexibility index (Phi) is 80.2. The Balaban J connectivity index is 5.23. The summed E-state index contributed by atoms with van der Waals surface area (Å²) in [4.78, 5) is 73.3. The molecule has 0 amide bonds. The van der Waals surface area contributed by atoms with Gasteiger partial charge in [-0.25, -0.2) is 9.13 Å². The summed E-state index contributed by atoms with van der Waals surface area (Å²) >= 11 is 0. The number of aliphatic hydroxyl groups excluding tert-OH is 1. The van der Waals surface area contributed by atoms with Crippen molar-refractivity contribution in [2.75, 3.05) is 39.6 Å². The molecule has 0 aromatic carbocycles. The number of unbranched alkanes of at least 4 members (excludes halogenated alkanes) is 61. The van der Waals surface area contributed by atoms with Crippen LogP contribution in [0.4, 0.5) is 0 Å². The molecule has 2 unspecified atom stereocenters. The monoisotopic (exact) mass is 1580 g/mol. The lowest BCUT2D eigenvalue weighted by atomic mass is 10.0. The minimum Gasteiger partial charge on any atom is -0.462 e. The van der Waals surface area contributed by atoms with Crippen molar-refractivity contribution < 1.29 is 80.2 Å². The van der Waals surface area contributed by atoms with Crippen LogP contribution in [-0.2, 0) is 65.4 Å². The molecule has 0 rings (SSSR count). The van der Waals surface area contributed by atoms with E-state index in [0.717, 1.165) is 95.8 Å². The molecule has 19 heteroatoms. The van der Waals surface area contributed by atoms with Gasteiger partial charge in [0.1, 0.15) is 19.3 Å². The van der Waals surface area contributed by atoms with Gasteiger partial charge in [-0.3, -0.25) is 37.3 Å². The second kappa shape index (κ2) is 81.6. The number of hydrogen-bond donors (Lipinski definition) is 3. The van der Waals surface area contributed by atoms with Gasteiger partial charge in [0.25, 0.3) is 0 Å². The Labute approximate surface area is 664 Å². The van der Waals surface area contributed by atoms with E-state index in [4.69, 9.17) is 37.0 Å². The molecule has 0 saturated carbocycles. The van der Waals surface area contributed by atoms with Crippen LogP contribution in [0.1, 0.15) is 484 Å². The third-order valence-corrected chi connectivity index (χ3v) is 22.9. The average Bonchev–Trinajstić information content (AvgIpc) is 0.900. The van der Waals surface area contributed by atoms with Gasteiger partial charge in [0.15, 0.2) is 12.2 Å². The van der Waals surface area contributed by atoms with Crippen LogP contribution in [0.15, 0.2) is 0 Å². The van der Waals surface area contributed by atoms with Crippen molar-refractivity contribution in [3.63, 3.8) is 0 Å². The zero-order chi connectivity index (χ0) is 79.0. The average molecular weight is 1580 g/mol. The Hall–Kier alpha value is -1.94. The molecule has 0 aromatic rings. The first-order chi connectivity index (χ1) is 52.5. The van der Waals surface area contributed by atoms with Crippen LogP contribution in [0.3, 0.4) is 0 Å². The topological polar surface area (TPSA) is 237 Å². The lowest BCUT2D eigenvalue weighted by Crippen LogP contribution is -2.30. The van der Waals surface area contributed by atoms with E-state index in [9.17, 15) is 43.2 Å². The van der Waals surface area contributed by atoms with Crippen molar-refractivity contribution in [2.24, 2.45) is 5.92 Å². The van der Waals surface area contributed by atoms with Crippen LogP contribution in [0, 0.1) is 5.92 Å². The maximum Gasteiger partial charge on any atom is 0.472 e. The highest BCUT2D eigenvalue weighted by molar-refractivity contribution is 7.47. The van der Waals surface area contributed by atoms with E-state index in [0.29, 0.717) is 25.7 Å². The number of ether oxygens (including phenoxy) is 4. The Bertz CT molecular complexity index is 2050. The molecule has 0 radical (unpaired) electrons. The maximum atomic E-state index is 13.2. The standard InChI is InChI=1S/C89H174O17P2/c1-6-9-12-15-18-21-24-27-30-32-34-36-38-40-42-45-47-52-57-62-67-72-86(91)99-78-84(105-89(94)75-70-65-60-54-49-46-43-41-39-37-35-33-31-28-25-22-19-16-13-10-7-2)80-103-107(95,96)101-76-83(90)77-102-108(97,98)104-81-85(79-100-87(92)73-68-63-58-55-50-51-56-61-66-71-82(4)5)106-88(93)74-69-64-59-53-48-44-29-26-23-20-17-14-11-8-3/h82-85,90H,6-81H2,1-5H3,(H,95,96)(H,97,98)/t83-,84-,85-/m1/s1. The third-order valence-electron chi connectivity index (χ3n) is 21.0. The van der Waals surface area contributed by atoms with E-state index >= 15 is 0 Å². The molecule has 0 spiro atoms. The number of esters is 4. The molecule has 0 aliphatic heterocycles. The first-order valence-electron chi connectivity index (χ1n) is 46.1. The zero-order valence-corrected chi connectivity index (χ0v) is 72.8. The minimum absolute atomic E-state index is 0.108. The first kappa shape index (κ1) is 106. The second-order valence-electron chi connectivity index (χ2n) is 32.5. The normalized spacial score (nSPS) is 13.7. The van der Waals surface area contributed by atoms with Crippen LogP contribution in [0.2, 0.25) is 0 Å². The predicted octanol–water partition coefficient (Wildman–Crippen LogP) is 27.5. The van der Waals surface area contributed by atoms with Gasteiger partial charge < -0.3 is 33.8 Å². The van der Waals surface area contributed by atoms with Crippen LogP contribution >= 0.6 is 15.6 Å². The van der Waals surface area contributed by atoms with Crippen molar-refractivity contribution in [3.8, 4) is 0 Å². The fourth-order valence-electron chi connectivity index (χ4n) is 14.0. The van der Waals surface area contributed by atoms with Crippen molar-refractivity contribution >= 4 is 39.5 Å². The van der Waals surface area contributed by atoms with Crippen molar-refractivity contribution in [1.82, 2.24) is 0 Å². The Morgan fingerprint density at radius 3 is 0.630 bits per heavy atom. The highest BCUT2D eigenvalue weighted by atomic mass is 31.2. The summed E-state index contributed by atoms with van der Waals surface area (Å²) < 4.78 is 69.0. The van der Waals surface area contributed by atoms with Gasteiger partial charge in [-0.15, -0.1) is 0 Å². The summed E-state index contributed by atoms with van der Waals surface area (Å²) in [6.07, 6.45) is 76.5. The van der Waals surface area contributed by atoms with Gasteiger partial charge in [0.05, 0.1) is 26.4 Å². The first-order valence-corrected chi connectivity index (χ1v) is 49.1. The molecule has 0 aromatic heterocycles. The summed E-state index contributed by atoms with van der Waals surface area (Å²) in [6, 6.07) is 0. The molecule has 0 bridgehead atoms. The Morgan fingerprint density at radius 2 is 0.426 bits per heavy atom. The van der Waals surface area contributed by atoms with Crippen molar-refractivity contribution in [2.45, 2.75) is 502 Å². The molecule has 0 aliphatic carbocycles. The molecular weight excluding hydrogens is 1400 g/mol. The van der Waals surface area contributed by atoms with E-state index < -0.39 is 97.5 Å². The number of aliphatic hydroxyl groups is 1. The number of carbonyl (C=O) groups excluding carboxylic acids is 4. The lowest BCUT2D eigenvalue weighted by molar-refractivity contribution is -0.161. The number of carbonyl (C=O) groups is 4. The number of phosphoric ester groups is 2. The molecule has 0 fully saturated rings. The van der Waals surface area contributed by atoms with Gasteiger partial charge in [-0.05, 0) is 31.6 Å². The van der Waals surface area contributed by atoms with Gasteiger partial charge in [0, 0.05) is 25.7 Å². The van der Waals surface area contributed by atoms with Gasteiger partial charge in [-0.2, -0.15) is 0 Å². The van der Waals surface area contributed by atoms with E-state index in [-0.39, 0.29) is 25.7 Å².